The van der Waals surface area contributed by atoms with Gasteiger partial charge in [0.25, 0.3) is 0 Å². The highest BCUT2D eigenvalue weighted by Gasteiger charge is 2.22. The van der Waals surface area contributed by atoms with Gasteiger partial charge in [-0.1, -0.05) is 294 Å². The van der Waals surface area contributed by atoms with Crippen molar-refractivity contribution in [2.24, 2.45) is 0 Å². The molecular weight excluding hydrogens is 1100 g/mol. The molecule has 9 nitrogen and oxygen atoms in total. The largest absolute Gasteiger partial charge is 0.545 e. The molecule has 0 rings (SSSR count). The van der Waals surface area contributed by atoms with Crippen molar-refractivity contribution in [1.29, 1.82) is 0 Å². The summed E-state index contributed by atoms with van der Waals surface area (Å²) < 4.78 is 22.8. The van der Waals surface area contributed by atoms with Crippen LogP contribution in [0, 0.1) is 0 Å². The molecule has 0 spiro atoms. The minimum atomic E-state index is -1.64. The Hall–Kier alpha value is -5.09. The molecule has 2 atom stereocenters. The first-order valence-electron chi connectivity index (χ1n) is 35.6. The fourth-order valence-electron chi connectivity index (χ4n) is 9.40. The molecule has 0 aromatic heterocycles. The van der Waals surface area contributed by atoms with E-state index in [0.29, 0.717) is 17.4 Å². The van der Waals surface area contributed by atoms with Crippen LogP contribution in [0.4, 0.5) is 0 Å². The number of carbonyl (C=O) groups excluding carboxylic acids is 3. The van der Waals surface area contributed by atoms with Crippen LogP contribution in [0.15, 0.2) is 158 Å². The number of aliphatic carboxylic acids is 1. The van der Waals surface area contributed by atoms with Crippen molar-refractivity contribution in [3.05, 3.63) is 158 Å². The minimum absolute atomic E-state index is 0.134. The second kappa shape index (κ2) is 68.8. The lowest BCUT2D eigenvalue weighted by molar-refractivity contribution is -0.870. The molecule has 0 aliphatic heterocycles. The van der Waals surface area contributed by atoms with E-state index in [4.69, 9.17) is 18.9 Å². The van der Waals surface area contributed by atoms with Crippen molar-refractivity contribution in [2.75, 3.05) is 47.5 Å². The van der Waals surface area contributed by atoms with Crippen LogP contribution in [0.3, 0.4) is 0 Å². The Labute approximate surface area is 546 Å². The van der Waals surface area contributed by atoms with Gasteiger partial charge in [0.2, 0.25) is 0 Å². The van der Waals surface area contributed by atoms with Gasteiger partial charge in [-0.3, -0.25) is 9.59 Å². The van der Waals surface area contributed by atoms with Gasteiger partial charge in [0, 0.05) is 12.8 Å². The number of unbranched alkanes of at least 4 members (excludes halogenated alkanes) is 23. The Morgan fingerprint density at radius 1 is 0.337 bits per heavy atom. The van der Waals surface area contributed by atoms with Gasteiger partial charge >= 0.3 is 11.9 Å². The zero-order valence-electron chi connectivity index (χ0n) is 57.5. The first kappa shape index (κ1) is 83.9. The summed E-state index contributed by atoms with van der Waals surface area (Å²) in [6, 6.07) is 0. The second-order valence-electron chi connectivity index (χ2n) is 24.4. The molecule has 0 bridgehead atoms. The van der Waals surface area contributed by atoms with Crippen LogP contribution in [0.2, 0.25) is 0 Å². The maximum atomic E-state index is 12.9. The lowest BCUT2D eigenvalue weighted by Gasteiger charge is -2.26. The maximum absolute atomic E-state index is 12.9. The fraction of sp³-hybridized carbons (Fsp3) is 0.637. The first-order valence-corrected chi connectivity index (χ1v) is 35.6. The number of quaternary nitrogens is 1. The molecule has 89 heavy (non-hydrogen) atoms. The number of allylic oxidation sites excluding steroid dienone is 26. The molecular formula is C80H131NO8. The van der Waals surface area contributed by atoms with Crippen molar-refractivity contribution in [2.45, 2.75) is 283 Å². The van der Waals surface area contributed by atoms with Crippen molar-refractivity contribution >= 4 is 17.9 Å². The third-order valence-electron chi connectivity index (χ3n) is 14.8. The Bertz CT molecular complexity index is 2020. The molecule has 0 N–H and O–H groups in total. The van der Waals surface area contributed by atoms with E-state index >= 15 is 0 Å². The molecule has 0 saturated carbocycles. The Morgan fingerprint density at radius 3 is 0.910 bits per heavy atom. The predicted octanol–water partition coefficient (Wildman–Crippen LogP) is 21.1. The van der Waals surface area contributed by atoms with E-state index in [1.807, 2.05) is 21.1 Å². The lowest BCUT2D eigenvalue weighted by Crippen LogP contribution is -2.44. The number of hydrogen-bond donors (Lipinski definition) is 0. The number of hydrogen-bond acceptors (Lipinski definition) is 8. The Balaban J connectivity index is 4.19. The van der Waals surface area contributed by atoms with Gasteiger partial charge < -0.3 is 33.3 Å². The molecule has 0 saturated heterocycles. The average Bonchev–Trinajstić information content (AvgIpc) is 3.64. The third kappa shape index (κ3) is 70.2. The van der Waals surface area contributed by atoms with E-state index in [2.05, 4.69) is 172 Å². The van der Waals surface area contributed by atoms with Crippen molar-refractivity contribution in [1.82, 2.24) is 0 Å². The monoisotopic (exact) mass is 1230 g/mol. The van der Waals surface area contributed by atoms with E-state index in [9.17, 15) is 19.5 Å². The summed E-state index contributed by atoms with van der Waals surface area (Å²) in [5.74, 6) is -2.34. The number of carboxylic acid groups (broad SMARTS) is 1. The maximum Gasteiger partial charge on any atom is 0.306 e. The van der Waals surface area contributed by atoms with E-state index in [1.54, 1.807) is 0 Å². The van der Waals surface area contributed by atoms with Gasteiger partial charge in [0.15, 0.2) is 12.4 Å². The molecule has 0 aromatic rings. The molecule has 2 unspecified atom stereocenters. The van der Waals surface area contributed by atoms with Crippen LogP contribution in [0.5, 0.6) is 0 Å². The molecule has 0 aromatic carbocycles. The number of carbonyl (C=O) groups is 3. The zero-order chi connectivity index (χ0) is 64.7. The molecule has 504 valence electrons. The van der Waals surface area contributed by atoms with Gasteiger partial charge in [-0.2, -0.15) is 0 Å². The molecule has 0 radical (unpaired) electrons. The number of carboxylic acids is 1. The highest BCUT2D eigenvalue weighted by atomic mass is 16.7. The molecule has 0 aliphatic rings. The van der Waals surface area contributed by atoms with Crippen molar-refractivity contribution < 1.29 is 42.9 Å². The number of nitrogens with zero attached hydrogens (tertiary/aromatic N) is 1. The quantitative estimate of drug-likeness (QED) is 0.0195. The number of ether oxygens (including phenoxy) is 4. The highest BCUT2D eigenvalue weighted by molar-refractivity contribution is 5.70. The highest BCUT2D eigenvalue weighted by Crippen LogP contribution is 2.17. The molecule has 9 heteroatoms. The number of likely N-dealkylation sites (N-methyl/N-ethyl adjacent to an activating group) is 1. The van der Waals surface area contributed by atoms with Crippen LogP contribution in [0.25, 0.3) is 0 Å². The van der Waals surface area contributed by atoms with Gasteiger partial charge in [0.1, 0.15) is 13.2 Å². The molecule has 0 amide bonds. The van der Waals surface area contributed by atoms with E-state index in [0.717, 1.165) is 122 Å². The summed E-state index contributed by atoms with van der Waals surface area (Å²) in [6.07, 6.45) is 99.0. The summed E-state index contributed by atoms with van der Waals surface area (Å²) in [6.45, 7) is 4.48. The summed E-state index contributed by atoms with van der Waals surface area (Å²) in [5.41, 5.74) is 0. The Kier molecular flexibility index (Phi) is 64.9. The summed E-state index contributed by atoms with van der Waals surface area (Å²) in [5, 5.41) is 11.8. The zero-order valence-corrected chi connectivity index (χ0v) is 57.5. The summed E-state index contributed by atoms with van der Waals surface area (Å²) in [4.78, 5) is 37.5. The van der Waals surface area contributed by atoms with E-state index < -0.39 is 24.3 Å². The molecule has 0 heterocycles. The molecule has 0 fully saturated rings. The standard InChI is InChI=1S/C80H131NO8/c1-6-8-10-12-14-16-18-20-22-24-26-28-30-32-34-36-38-39-41-42-44-46-48-50-52-54-56-58-60-62-64-66-68-70-77(82)87-74-76(75-88-80(79(84)85)86-73-72-81(3,4)5)89-78(83)71-69-67-65-63-61-59-57-55-53-51-49-47-45-43-40-37-35-33-31-29-27-25-23-21-19-17-15-13-11-9-7-2/h8-11,14-17,20-23,26-29,33,35,40,43,47,49,53,55,59,61,76,80H,6-7,12-13,18-19,24-25,30-32,34,36-39,41-42,44-46,48,50-52,54,56-58,60,62-75H2,1-5H3/b10-8-,11-9-,16-14-,17-15-,22-20-,23-21-,28-26-,29-27-,35-33-,43-40-,49-47-,55-53-,61-59-. The smallest absolute Gasteiger partial charge is 0.306 e. The van der Waals surface area contributed by atoms with Crippen LogP contribution in [0.1, 0.15) is 271 Å². The lowest BCUT2D eigenvalue weighted by atomic mass is 10.0. The van der Waals surface area contributed by atoms with Gasteiger partial charge in [-0.15, -0.1) is 0 Å². The van der Waals surface area contributed by atoms with Gasteiger partial charge in [-0.25, -0.2) is 0 Å². The van der Waals surface area contributed by atoms with Gasteiger partial charge in [0.05, 0.1) is 40.3 Å². The fourth-order valence-corrected chi connectivity index (χ4v) is 9.40. The van der Waals surface area contributed by atoms with Gasteiger partial charge in [-0.05, 0) is 122 Å². The first-order chi connectivity index (χ1) is 43.6. The van der Waals surface area contributed by atoms with Crippen LogP contribution in [-0.4, -0.2) is 82.3 Å². The minimum Gasteiger partial charge on any atom is -0.545 e. The average molecular weight is 1230 g/mol. The number of esters is 2. The van der Waals surface area contributed by atoms with Crippen LogP contribution < -0.4 is 5.11 Å². The number of rotatable bonds is 64. The Morgan fingerprint density at radius 2 is 0.607 bits per heavy atom. The van der Waals surface area contributed by atoms with Crippen LogP contribution >= 0.6 is 0 Å². The topological polar surface area (TPSA) is 111 Å². The summed E-state index contributed by atoms with van der Waals surface area (Å²) >= 11 is 0. The SMILES string of the molecule is CC/C=C\C/C=C\C/C=C\C/C=C\C/C=C\C/C=C\C/C=C\C/C=C\C/C=C\CCCCCC(=O)OC(COC(=O)CCCCCCCCCCCCCCCCCCCCCC/C=C\C/C=C\C/C=C\C/C=C\CC)COC(OCC[N+](C)(C)C)C(=O)[O-]. The summed E-state index contributed by atoms with van der Waals surface area (Å²) in [7, 11) is 5.91. The normalized spacial score (nSPS) is 13.7. The van der Waals surface area contributed by atoms with Crippen LogP contribution in [-0.2, 0) is 33.3 Å². The van der Waals surface area contributed by atoms with Crippen molar-refractivity contribution in [3.63, 3.8) is 0 Å². The predicted molar refractivity (Wildman–Crippen MR) is 379 cm³/mol. The second-order valence-corrected chi connectivity index (χ2v) is 24.4. The third-order valence-corrected chi connectivity index (χ3v) is 14.8. The van der Waals surface area contributed by atoms with Crippen molar-refractivity contribution in [3.8, 4) is 0 Å². The van der Waals surface area contributed by atoms with E-state index in [1.165, 1.54) is 116 Å². The van der Waals surface area contributed by atoms with E-state index in [-0.39, 0.29) is 38.6 Å². The molecule has 0 aliphatic carbocycles.